The van der Waals surface area contributed by atoms with E-state index in [1.165, 1.54) is 0 Å². The molecular formula is C11H11IN2O3. The Labute approximate surface area is 108 Å². The number of nitrogens with one attached hydrogen (secondary N) is 1. The number of furan rings is 1. The van der Waals surface area contributed by atoms with Gasteiger partial charge in [-0.15, -0.1) is 0 Å². The van der Waals surface area contributed by atoms with Crippen molar-refractivity contribution < 1.29 is 13.9 Å². The van der Waals surface area contributed by atoms with Crippen molar-refractivity contribution in [2.75, 3.05) is 0 Å². The van der Waals surface area contributed by atoms with E-state index in [1.807, 2.05) is 17.6 Å². The number of amides is 1. The highest BCUT2D eigenvalue weighted by molar-refractivity contribution is 14.2. The number of carbonyl (C=O) groups excluding carboxylic acids is 1. The Morgan fingerprint density at radius 1 is 1.53 bits per heavy atom. The van der Waals surface area contributed by atoms with Gasteiger partial charge in [-0.3, -0.25) is 10.2 Å². The summed E-state index contributed by atoms with van der Waals surface area (Å²) >= 11 is 0.0616. The highest BCUT2D eigenvalue weighted by Crippen LogP contribution is 2.14. The normalized spacial score (nSPS) is 13.8. The van der Waals surface area contributed by atoms with Crippen molar-refractivity contribution in [3.8, 4) is 0 Å². The van der Waals surface area contributed by atoms with Crippen LogP contribution >= 0.6 is 20.7 Å². The molecule has 0 radical (unpaired) electrons. The minimum absolute atomic E-state index is 0.0616. The van der Waals surface area contributed by atoms with Crippen LogP contribution in [0.2, 0.25) is 0 Å². The van der Waals surface area contributed by atoms with Crippen molar-refractivity contribution in [3.05, 3.63) is 45.6 Å². The van der Waals surface area contributed by atoms with Gasteiger partial charge in [0.2, 0.25) is 0 Å². The Morgan fingerprint density at radius 2 is 2.41 bits per heavy atom. The van der Waals surface area contributed by atoms with Gasteiger partial charge in [0.15, 0.2) is 5.76 Å². The van der Waals surface area contributed by atoms with Crippen LogP contribution in [0.5, 0.6) is 0 Å². The molecule has 1 aliphatic rings. The molecule has 5 nitrogen and oxygen atoms in total. The molecular weight excluding hydrogens is 335 g/mol. The van der Waals surface area contributed by atoms with Crippen molar-refractivity contribution in [3.63, 3.8) is 0 Å². The molecule has 0 fully saturated rings. The molecule has 2 rings (SSSR count). The van der Waals surface area contributed by atoms with E-state index >= 15 is 0 Å². The first-order valence-corrected chi connectivity index (χ1v) is 7.33. The minimum Gasteiger partial charge on any atom is -0.486 e. The molecule has 0 unspecified atom stereocenters. The molecule has 1 aromatic heterocycles. The predicted octanol–water partition coefficient (Wildman–Crippen LogP) is 1.58. The number of ether oxygens (including phenoxy) is 1. The van der Waals surface area contributed by atoms with Crippen molar-refractivity contribution in [2.24, 2.45) is 5.84 Å². The number of allylic oxidation sites excluding steroid dienone is 2. The quantitative estimate of drug-likeness (QED) is 0.376. The molecule has 2 heterocycles. The molecule has 6 heteroatoms. The molecule has 0 atom stereocenters. The van der Waals surface area contributed by atoms with Crippen LogP contribution in [0, 0.1) is 0 Å². The van der Waals surface area contributed by atoms with E-state index in [-0.39, 0.29) is 26.5 Å². The molecule has 17 heavy (non-hydrogen) atoms. The third-order valence-electron chi connectivity index (χ3n) is 2.00. The molecule has 1 aliphatic heterocycles. The smallest absolute Gasteiger partial charge is 0.300 e. The highest BCUT2D eigenvalue weighted by atomic mass is 127. The van der Waals surface area contributed by atoms with Crippen LogP contribution in [0.3, 0.4) is 0 Å². The molecule has 0 bridgehead atoms. The van der Waals surface area contributed by atoms with Gasteiger partial charge in [-0.05, 0) is 32.4 Å². The fourth-order valence-electron chi connectivity index (χ4n) is 1.19. The van der Waals surface area contributed by atoms with Crippen LogP contribution in [-0.4, -0.2) is 9.92 Å². The van der Waals surface area contributed by atoms with Gasteiger partial charge >= 0.3 is 5.91 Å². The summed E-state index contributed by atoms with van der Waals surface area (Å²) in [5, 5.41) is 0. The molecule has 1 aromatic rings. The summed E-state index contributed by atoms with van der Waals surface area (Å²) in [6.45, 7) is 0.292. The van der Waals surface area contributed by atoms with Gasteiger partial charge in [-0.1, -0.05) is 20.7 Å². The first-order chi connectivity index (χ1) is 8.29. The van der Waals surface area contributed by atoms with Gasteiger partial charge in [-0.2, -0.15) is 0 Å². The maximum atomic E-state index is 11.1. The Morgan fingerprint density at radius 3 is 3.12 bits per heavy atom. The standard InChI is InChI=1S/C11H11IN2O3/c13-14-11(15)10-2-1-9(17-10)7-16-8-3-5-12-6-4-8/h1-6H,7,13H2,(H,14,15). The molecule has 0 aromatic carbocycles. The highest BCUT2D eigenvalue weighted by Gasteiger charge is 2.09. The number of nitrogens with two attached hydrogens (primary N) is 1. The zero-order valence-corrected chi connectivity index (χ0v) is 11.0. The molecule has 0 spiro atoms. The fourth-order valence-corrected chi connectivity index (χ4v) is 2.56. The second kappa shape index (κ2) is 5.78. The lowest BCUT2D eigenvalue weighted by Crippen LogP contribution is -2.29. The molecule has 1 amide bonds. The topological polar surface area (TPSA) is 77.5 Å². The molecule has 3 N–H and O–H groups in total. The average molecular weight is 346 g/mol. The van der Waals surface area contributed by atoms with E-state index in [0.717, 1.165) is 5.76 Å². The van der Waals surface area contributed by atoms with Gasteiger partial charge < -0.3 is 9.15 Å². The number of hydrogen-bond donors (Lipinski definition) is 2. The summed E-state index contributed by atoms with van der Waals surface area (Å²) in [4.78, 5) is 11.1. The molecule has 90 valence electrons. The summed E-state index contributed by atoms with van der Waals surface area (Å²) in [6.07, 6.45) is 3.90. The maximum Gasteiger partial charge on any atom is 0.300 e. The largest absolute Gasteiger partial charge is 0.486 e. The van der Waals surface area contributed by atoms with E-state index in [2.05, 4.69) is 8.09 Å². The zero-order chi connectivity index (χ0) is 12.1. The first-order valence-electron chi connectivity index (χ1n) is 4.84. The van der Waals surface area contributed by atoms with Crippen LogP contribution in [0.4, 0.5) is 0 Å². The van der Waals surface area contributed by atoms with Crippen LogP contribution < -0.4 is 11.3 Å². The third-order valence-corrected chi connectivity index (χ3v) is 3.55. The van der Waals surface area contributed by atoms with Gasteiger partial charge in [0, 0.05) is 0 Å². The van der Waals surface area contributed by atoms with Gasteiger partial charge in [0.05, 0.1) is 0 Å². The van der Waals surface area contributed by atoms with E-state index in [9.17, 15) is 4.79 Å². The SMILES string of the molecule is NNC(=O)c1ccc(COC2=CC=IC=C2)o1. The van der Waals surface area contributed by atoms with E-state index in [4.69, 9.17) is 15.0 Å². The summed E-state index contributed by atoms with van der Waals surface area (Å²) in [7, 11) is 0. The maximum absolute atomic E-state index is 11.1. The Bertz CT molecular complexity index is 503. The number of carbonyl (C=O) groups is 1. The van der Waals surface area contributed by atoms with Crippen molar-refractivity contribution >= 4 is 30.6 Å². The molecule has 0 aliphatic carbocycles. The average Bonchev–Trinajstić information content (AvgIpc) is 2.85. The number of rotatable bonds is 4. The molecule has 0 saturated heterocycles. The van der Waals surface area contributed by atoms with Crippen LogP contribution in [0.1, 0.15) is 16.3 Å². The third kappa shape index (κ3) is 3.27. The first kappa shape index (κ1) is 12.1. The lowest BCUT2D eigenvalue weighted by Gasteiger charge is -2.05. The number of hydrazine groups is 1. The summed E-state index contributed by atoms with van der Waals surface area (Å²) in [6, 6.07) is 3.25. The van der Waals surface area contributed by atoms with Crippen LogP contribution in [-0.2, 0) is 11.3 Å². The van der Waals surface area contributed by atoms with Gasteiger partial charge in [0.1, 0.15) is 18.1 Å². The van der Waals surface area contributed by atoms with E-state index < -0.39 is 5.91 Å². The lowest BCUT2D eigenvalue weighted by molar-refractivity contribution is 0.0919. The van der Waals surface area contributed by atoms with Crippen LogP contribution in [0.15, 0.2) is 38.5 Å². The Kier molecular flexibility index (Phi) is 4.10. The Hall–Kier alpha value is -1.41. The van der Waals surface area contributed by atoms with E-state index in [0.29, 0.717) is 12.4 Å². The number of hydrogen-bond acceptors (Lipinski definition) is 4. The molecule has 0 saturated carbocycles. The monoisotopic (exact) mass is 346 g/mol. The summed E-state index contributed by atoms with van der Waals surface area (Å²) in [5.41, 5.74) is 2.00. The second-order valence-electron chi connectivity index (χ2n) is 3.14. The lowest BCUT2D eigenvalue weighted by atomic mass is 10.4. The van der Waals surface area contributed by atoms with Crippen molar-refractivity contribution in [2.45, 2.75) is 6.61 Å². The predicted molar refractivity (Wildman–Crippen MR) is 72.5 cm³/mol. The number of nitrogen functional groups attached to an aromatic ring is 1. The summed E-state index contributed by atoms with van der Waals surface area (Å²) < 4.78 is 15.0. The number of halogens is 1. The van der Waals surface area contributed by atoms with E-state index in [1.54, 1.807) is 12.1 Å². The summed E-state index contributed by atoms with van der Waals surface area (Å²) in [5.74, 6) is 6.10. The van der Waals surface area contributed by atoms with Crippen molar-refractivity contribution in [1.29, 1.82) is 0 Å². The fraction of sp³-hybridized carbons (Fsp3) is 0.0909. The van der Waals surface area contributed by atoms with Crippen molar-refractivity contribution in [1.82, 2.24) is 5.43 Å². The van der Waals surface area contributed by atoms with Gasteiger partial charge in [0.25, 0.3) is 0 Å². The van der Waals surface area contributed by atoms with Crippen LogP contribution in [0.25, 0.3) is 0 Å². The Balaban J connectivity index is 1.93. The minimum atomic E-state index is -0.453. The zero-order valence-electron chi connectivity index (χ0n) is 8.85. The second-order valence-corrected chi connectivity index (χ2v) is 5.30. The van der Waals surface area contributed by atoms with Gasteiger partial charge in [-0.25, -0.2) is 5.84 Å².